The van der Waals surface area contributed by atoms with Gasteiger partial charge in [0, 0.05) is 6.04 Å². The fraction of sp³-hybridized carbons (Fsp3) is 1.00. The Labute approximate surface area is 81.5 Å². The summed E-state index contributed by atoms with van der Waals surface area (Å²) in [5, 5.41) is 0. The highest BCUT2D eigenvalue weighted by Crippen LogP contribution is 2.43. The molecule has 3 heterocycles. The number of fused-ring (bicyclic) bond motifs is 3. The predicted octanol–water partition coefficient (Wildman–Crippen LogP) is 2.66. The number of hydrogen-bond donors (Lipinski definition) is 0. The number of hydrogen-bond acceptors (Lipinski definition) is 1. The van der Waals surface area contributed by atoms with Crippen molar-refractivity contribution in [3.05, 3.63) is 0 Å². The Balaban J connectivity index is 1.85. The van der Waals surface area contributed by atoms with E-state index < -0.39 is 0 Å². The molecule has 3 aliphatic heterocycles. The van der Waals surface area contributed by atoms with Crippen LogP contribution in [0.25, 0.3) is 0 Å². The van der Waals surface area contributed by atoms with E-state index >= 15 is 0 Å². The van der Waals surface area contributed by atoms with E-state index in [1.54, 1.807) is 6.42 Å². The van der Waals surface area contributed by atoms with Crippen LogP contribution in [0.4, 0.5) is 0 Å². The van der Waals surface area contributed by atoms with Crippen LogP contribution in [0.3, 0.4) is 0 Å². The van der Waals surface area contributed by atoms with Gasteiger partial charge < -0.3 is 4.90 Å². The van der Waals surface area contributed by atoms with Gasteiger partial charge in [-0.15, -0.1) is 0 Å². The summed E-state index contributed by atoms with van der Waals surface area (Å²) in [6.45, 7) is 2.84. The molecule has 1 saturated carbocycles. The SMILES string of the molecule is C1CCC2C(C1)C1CCCN2CC1. The molecule has 4 unspecified atom stereocenters. The molecule has 1 heteroatoms. The molecule has 0 aromatic carbocycles. The molecule has 4 atom stereocenters. The van der Waals surface area contributed by atoms with Crippen LogP contribution < -0.4 is 0 Å². The molecule has 3 saturated heterocycles. The summed E-state index contributed by atoms with van der Waals surface area (Å²) in [5.41, 5.74) is 0. The van der Waals surface area contributed by atoms with Crippen LogP contribution in [0.2, 0.25) is 0 Å². The second-order valence-electron chi connectivity index (χ2n) is 5.24. The lowest BCUT2D eigenvalue weighted by Gasteiger charge is -2.45. The van der Waals surface area contributed by atoms with E-state index in [2.05, 4.69) is 4.90 Å². The zero-order chi connectivity index (χ0) is 8.67. The van der Waals surface area contributed by atoms with E-state index in [-0.39, 0.29) is 0 Å². The van der Waals surface area contributed by atoms with Gasteiger partial charge in [0.15, 0.2) is 0 Å². The van der Waals surface area contributed by atoms with Gasteiger partial charge in [-0.1, -0.05) is 12.8 Å². The van der Waals surface area contributed by atoms with Gasteiger partial charge in [-0.2, -0.15) is 0 Å². The lowest BCUT2D eigenvalue weighted by molar-refractivity contribution is 0.0434. The molecule has 0 aromatic rings. The average molecular weight is 179 g/mol. The second kappa shape index (κ2) is 3.27. The highest BCUT2D eigenvalue weighted by atomic mass is 15.2. The van der Waals surface area contributed by atoms with Gasteiger partial charge >= 0.3 is 0 Å². The first-order valence-electron chi connectivity index (χ1n) is 6.19. The Morgan fingerprint density at radius 2 is 1.69 bits per heavy atom. The molecule has 0 N–H and O–H groups in total. The fourth-order valence-electron chi connectivity index (χ4n) is 4.05. The average Bonchev–Trinajstić information content (AvgIpc) is 2.52. The van der Waals surface area contributed by atoms with Crippen molar-refractivity contribution >= 4 is 0 Å². The monoisotopic (exact) mass is 179 g/mol. The van der Waals surface area contributed by atoms with Crippen molar-refractivity contribution in [3.63, 3.8) is 0 Å². The van der Waals surface area contributed by atoms with Gasteiger partial charge in [-0.25, -0.2) is 0 Å². The van der Waals surface area contributed by atoms with Crippen molar-refractivity contribution < 1.29 is 0 Å². The van der Waals surface area contributed by atoms with Crippen LogP contribution in [0.5, 0.6) is 0 Å². The smallest absolute Gasteiger partial charge is 0.0126 e. The number of piperidine rings is 1. The quantitative estimate of drug-likeness (QED) is 0.552. The molecule has 0 amide bonds. The van der Waals surface area contributed by atoms with Crippen molar-refractivity contribution in [1.29, 1.82) is 0 Å². The number of nitrogens with zero attached hydrogens (tertiary/aromatic N) is 1. The summed E-state index contributed by atoms with van der Waals surface area (Å²) in [6.07, 6.45) is 10.6. The maximum atomic E-state index is 2.81. The topological polar surface area (TPSA) is 3.24 Å². The predicted molar refractivity (Wildman–Crippen MR) is 54.7 cm³/mol. The van der Waals surface area contributed by atoms with Gasteiger partial charge in [0.1, 0.15) is 0 Å². The largest absolute Gasteiger partial charge is 0.300 e. The van der Waals surface area contributed by atoms with Gasteiger partial charge in [-0.05, 0) is 57.0 Å². The van der Waals surface area contributed by atoms with Gasteiger partial charge in [-0.3, -0.25) is 0 Å². The first-order valence-corrected chi connectivity index (χ1v) is 6.19. The molecule has 1 nitrogen and oxygen atoms in total. The second-order valence-corrected chi connectivity index (χ2v) is 5.24. The molecule has 4 fully saturated rings. The van der Waals surface area contributed by atoms with E-state index in [1.165, 1.54) is 51.6 Å². The number of rotatable bonds is 0. The Kier molecular flexibility index (Phi) is 2.08. The van der Waals surface area contributed by atoms with E-state index in [0.717, 1.165) is 17.9 Å². The van der Waals surface area contributed by atoms with Crippen LogP contribution >= 0.6 is 0 Å². The normalized spacial score (nSPS) is 49.8. The maximum absolute atomic E-state index is 2.81. The van der Waals surface area contributed by atoms with Gasteiger partial charge in [0.2, 0.25) is 0 Å². The van der Waals surface area contributed by atoms with E-state index in [0.29, 0.717) is 0 Å². The Morgan fingerprint density at radius 3 is 2.69 bits per heavy atom. The first-order chi connectivity index (χ1) is 6.45. The summed E-state index contributed by atoms with van der Waals surface area (Å²) in [5.74, 6) is 2.22. The van der Waals surface area contributed by atoms with Crippen molar-refractivity contribution in [2.75, 3.05) is 13.1 Å². The summed E-state index contributed by atoms with van der Waals surface area (Å²) in [7, 11) is 0. The van der Waals surface area contributed by atoms with Crippen LogP contribution in [-0.2, 0) is 0 Å². The highest BCUT2D eigenvalue weighted by molar-refractivity contribution is 4.94. The van der Waals surface area contributed by atoms with Crippen LogP contribution in [0.15, 0.2) is 0 Å². The van der Waals surface area contributed by atoms with Crippen LogP contribution in [0, 0.1) is 11.8 Å². The van der Waals surface area contributed by atoms with Crippen LogP contribution in [0.1, 0.15) is 44.9 Å². The van der Waals surface area contributed by atoms with Crippen LogP contribution in [-0.4, -0.2) is 24.0 Å². The summed E-state index contributed by atoms with van der Waals surface area (Å²) in [6, 6.07) is 1.01. The third-order valence-corrected chi connectivity index (χ3v) is 4.66. The summed E-state index contributed by atoms with van der Waals surface area (Å²) >= 11 is 0. The Hall–Kier alpha value is -0.0400. The van der Waals surface area contributed by atoms with Crippen molar-refractivity contribution in [3.8, 4) is 0 Å². The molecular weight excluding hydrogens is 158 g/mol. The molecule has 0 radical (unpaired) electrons. The summed E-state index contributed by atoms with van der Waals surface area (Å²) in [4.78, 5) is 2.81. The maximum Gasteiger partial charge on any atom is 0.0126 e. The van der Waals surface area contributed by atoms with Crippen molar-refractivity contribution in [1.82, 2.24) is 4.90 Å². The molecule has 2 bridgehead atoms. The fourth-order valence-corrected chi connectivity index (χ4v) is 4.05. The lowest BCUT2D eigenvalue weighted by Crippen LogP contribution is -2.48. The minimum absolute atomic E-state index is 1.01. The standard InChI is InChI=1S/C12H21N/c1-2-6-12-11(5-1)10-4-3-8-13(12)9-7-10/h10-12H,1-9H2. The van der Waals surface area contributed by atoms with E-state index in [9.17, 15) is 0 Å². The molecule has 0 spiro atoms. The van der Waals surface area contributed by atoms with E-state index in [4.69, 9.17) is 0 Å². The Bertz CT molecular complexity index is 166. The molecular formula is C12H21N. The molecule has 74 valence electrons. The third kappa shape index (κ3) is 1.32. The van der Waals surface area contributed by atoms with Crippen molar-refractivity contribution in [2.24, 2.45) is 11.8 Å². The third-order valence-electron chi connectivity index (χ3n) is 4.66. The van der Waals surface area contributed by atoms with Crippen molar-refractivity contribution in [2.45, 2.75) is 51.0 Å². The molecule has 4 aliphatic rings. The summed E-state index contributed by atoms with van der Waals surface area (Å²) < 4.78 is 0. The first kappa shape index (κ1) is 8.28. The zero-order valence-corrected chi connectivity index (χ0v) is 8.54. The molecule has 13 heavy (non-hydrogen) atoms. The lowest BCUT2D eigenvalue weighted by atomic mass is 9.72. The van der Waals surface area contributed by atoms with E-state index in [1.807, 2.05) is 0 Å². The minimum Gasteiger partial charge on any atom is -0.300 e. The molecule has 4 rings (SSSR count). The minimum atomic E-state index is 1.01. The van der Waals surface area contributed by atoms with Gasteiger partial charge in [0.25, 0.3) is 0 Å². The molecule has 1 aliphatic carbocycles. The Morgan fingerprint density at radius 1 is 0.769 bits per heavy atom. The van der Waals surface area contributed by atoms with Gasteiger partial charge in [0.05, 0.1) is 0 Å². The highest BCUT2D eigenvalue weighted by Gasteiger charge is 2.40. The zero-order valence-electron chi connectivity index (χ0n) is 8.54. The molecule has 0 aromatic heterocycles.